The van der Waals surface area contributed by atoms with E-state index in [9.17, 15) is 18.8 Å². The number of hydrogen-bond donors (Lipinski definition) is 1. The summed E-state index contributed by atoms with van der Waals surface area (Å²) in [6, 6.07) is 8.57. The number of carbonyl (C=O) groups excluding carboxylic acids is 1. The molecule has 0 aliphatic carbocycles. The molecule has 0 spiro atoms. The van der Waals surface area contributed by atoms with E-state index in [1.54, 1.807) is 18.4 Å². The third-order valence-corrected chi connectivity index (χ3v) is 4.94. The number of benzene rings is 1. The molecule has 1 aromatic carbocycles. The van der Waals surface area contributed by atoms with Gasteiger partial charge in [-0.2, -0.15) is 0 Å². The molecule has 10 heteroatoms. The zero-order valence-electron chi connectivity index (χ0n) is 14.5. The van der Waals surface area contributed by atoms with E-state index in [4.69, 9.17) is 4.52 Å². The van der Waals surface area contributed by atoms with Gasteiger partial charge in [-0.1, -0.05) is 17.3 Å². The molecule has 142 valence electrons. The fraction of sp³-hybridized carbons (Fsp3) is 0.111. The lowest BCUT2D eigenvalue weighted by atomic mass is 10.3. The lowest BCUT2D eigenvalue weighted by molar-refractivity contribution is -0.116. The van der Waals surface area contributed by atoms with Crippen LogP contribution in [0.4, 0.5) is 10.2 Å². The van der Waals surface area contributed by atoms with Gasteiger partial charge >= 0.3 is 5.69 Å². The Bertz CT molecular complexity index is 1320. The average Bonchev–Trinajstić information content (AvgIpc) is 3.29. The first kappa shape index (κ1) is 17.9. The van der Waals surface area contributed by atoms with Crippen molar-refractivity contribution in [3.05, 3.63) is 74.2 Å². The molecule has 3 aromatic heterocycles. The number of aromatic nitrogens is 3. The summed E-state index contributed by atoms with van der Waals surface area (Å²) in [5.74, 6) is -0.534. The topological polar surface area (TPSA) is 99.1 Å². The van der Waals surface area contributed by atoms with Crippen molar-refractivity contribution in [2.75, 3.05) is 5.32 Å². The minimum Gasteiger partial charge on any atom is -0.360 e. The van der Waals surface area contributed by atoms with Crippen molar-refractivity contribution in [2.45, 2.75) is 13.5 Å². The molecule has 0 aliphatic rings. The number of thiophene rings is 1. The van der Waals surface area contributed by atoms with Crippen molar-refractivity contribution in [2.24, 2.45) is 0 Å². The van der Waals surface area contributed by atoms with Crippen molar-refractivity contribution < 1.29 is 13.7 Å². The van der Waals surface area contributed by atoms with Crippen LogP contribution >= 0.6 is 11.3 Å². The summed E-state index contributed by atoms with van der Waals surface area (Å²) in [6.07, 6.45) is 0. The van der Waals surface area contributed by atoms with Crippen LogP contribution in [0.1, 0.15) is 5.76 Å². The molecule has 3 heterocycles. The molecular formula is C18H13FN4O4S. The maximum atomic E-state index is 14.2. The summed E-state index contributed by atoms with van der Waals surface area (Å²) in [7, 11) is 0. The highest BCUT2D eigenvalue weighted by Crippen LogP contribution is 2.17. The number of halogens is 1. The predicted octanol–water partition coefficient (Wildman–Crippen LogP) is 2.29. The van der Waals surface area contributed by atoms with Gasteiger partial charge in [0, 0.05) is 6.07 Å². The maximum Gasteiger partial charge on any atom is 0.336 e. The number of amides is 1. The van der Waals surface area contributed by atoms with Gasteiger partial charge in [-0.15, -0.1) is 11.3 Å². The first-order valence-electron chi connectivity index (χ1n) is 8.17. The van der Waals surface area contributed by atoms with Crippen molar-refractivity contribution in [3.63, 3.8) is 0 Å². The van der Waals surface area contributed by atoms with Crippen molar-refractivity contribution >= 4 is 33.3 Å². The number of nitrogens with zero attached hydrogens (tertiary/aromatic N) is 3. The van der Waals surface area contributed by atoms with E-state index in [-0.39, 0.29) is 22.7 Å². The van der Waals surface area contributed by atoms with Crippen LogP contribution in [0.5, 0.6) is 0 Å². The number of aryl methyl sites for hydroxylation is 1. The van der Waals surface area contributed by atoms with E-state index in [2.05, 4.69) is 10.5 Å². The summed E-state index contributed by atoms with van der Waals surface area (Å²) < 4.78 is 21.2. The Morgan fingerprint density at radius 2 is 2.07 bits per heavy atom. The van der Waals surface area contributed by atoms with Gasteiger partial charge in [0.25, 0.3) is 5.56 Å². The largest absolute Gasteiger partial charge is 0.360 e. The molecular weight excluding hydrogens is 387 g/mol. The van der Waals surface area contributed by atoms with Gasteiger partial charge in [-0.05, 0) is 30.5 Å². The highest BCUT2D eigenvalue weighted by molar-refractivity contribution is 7.17. The molecule has 0 saturated carbocycles. The molecule has 1 amide bonds. The van der Waals surface area contributed by atoms with Gasteiger partial charge in [0.05, 0.1) is 11.2 Å². The molecule has 4 aromatic rings. The molecule has 0 aliphatic heterocycles. The Morgan fingerprint density at radius 3 is 2.79 bits per heavy atom. The first-order valence-corrected chi connectivity index (χ1v) is 9.05. The first-order chi connectivity index (χ1) is 13.5. The van der Waals surface area contributed by atoms with Gasteiger partial charge in [0.15, 0.2) is 5.82 Å². The number of hydrogen-bond acceptors (Lipinski definition) is 6. The monoisotopic (exact) mass is 400 g/mol. The zero-order valence-corrected chi connectivity index (χ0v) is 15.3. The van der Waals surface area contributed by atoms with Gasteiger partial charge in [-0.3, -0.25) is 14.2 Å². The number of para-hydroxylation sites is 1. The van der Waals surface area contributed by atoms with Crippen LogP contribution in [0.25, 0.3) is 15.9 Å². The van der Waals surface area contributed by atoms with E-state index in [0.29, 0.717) is 11.3 Å². The van der Waals surface area contributed by atoms with E-state index < -0.39 is 23.0 Å². The number of fused-ring (bicyclic) bond motifs is 1. The molecule has 0 bridgehead atoms. The molecule has 0 fully saturated rings. The third-order valence-electron chi connectivity index (χ3n) is 4.05. The Balaban J connectivity index is 1.83. The Kier molecular flexibility index (Phi) is 4.40. The Hall–Kier alpha value is -3.53. The second kappa shape index (κ2) is 6.89. The summed E-state index contributed by atoms with van der Waals surface area (Å²) >= 11 is 1.11. The van der Waals surface area contributed by atoms with Crippen LogP contribution in [-0.4, -0.2) is 20.2 Å². The Labute approximate surface area is 160 Å². The lowest BCUT2D eigenvalue weighted by Crippen LogP contribution is -2.40. The predicted molar refractivity (Wildman–Crippen MR) is 102 cm³/mol. The lowest BCUT2D eigenvalue weighted by Gasteiger charge is -2.12. The van der Waals surface area contributed by atoms with Gasteiger partial charge < -0.3 is 9.84 Å². The summed E-state index contributed by atoms with van der Waals surface area (Å²) in [5.41, 5.74) is -1.32. The smallest absolute Gasteiger partial charge is 0.336 e. The van der Waals surface area contributed by atoms with Gasteiger partial charge in [0.2, 0.25) is 5.91 Å². The quantitative estimate of drug-likeness (QED) is 0.567. The van der Waals surface area contributed by atoms with E-state index in [0.717, 1.165) is 26.5 Å². The number of nitrogens with one attached hydrogen (secondary N) is 1. The van der Waals surface area contributed by atoms with Crippen LogP contribution in [0, 0.1) is 12.7 Å². The van der Waals surface area contributed by atoms with Crippen LogP contribution < -0.4 is 16.6 Å². The summed E-state index contributed by atoms with van der Waals surface area (Å²) in [4.78, 5) is 38.2. The zero-order chi connectivity index (χ0) is 19.8. The average molecular weight is 400 g/mol. The van der Waals surface area contributed by atoms with Crippen LogP contribution in [0.3, 0.4) is 0 Å². The van der Waals surface area contributed by atoms with Crippen molar-refractivity contribution in [1.82, 2.24) is 14.3 Å². The van der Waals surface area contributed by atoms with Crippen LogP contribution in [0.15, 0.2) is 55.9 Å². The van der Waals surface area contributed by atoms with E-state index in [1.807, 2.05) is 0 Å². The van der Waals surface area contributed by atoms with E-state index >= 15 is 0 Å². The Morgan fingerprint density at radius 1 is 1.29 bits per heavy atom. The number of rotatable bonds is 4. The third kappa shape index (κ3) is 3.03. The van der Waals surface area contributed by atoms with Crippen molar-refractivity contribution in [3.8, 4) is 5.69 Å². The second-order valence-electron chi connectivity index (χ2n) is 5.97. The number of anilines is 1. The molecule has 0 radical (unpaired) electrons. The highest BCUT2D eigenvalue weighted by atomic mass is 32.1. The van der Waals surface area contributed by atoms with Gasteiger partial charge in [0.1, 0.15) is 22.8 Å². The molecule has 4 rings (SSSR count). The molecule has 0 saturated heterocycles. The minimum absolute atomic E-state index is 0.172. The van der Waals surface area contributed by atoms with Gasteiger partial charge in [-0.25, -0.2) is 13.8 Å². The summed E-state index contributed by atoms with van der Waals surface area (Å²) in [6.45, 7) is 1.29. The maximum absolute atomic E-state index is 14.2. The molecule has 0 atom stereocenters. The van der Waals surface area contributed by atoms with E-state index in [1.165, 1.54) is 24.3 Å². The normalized spacial score (nSPS) is 11.1. The fourth-order valence-corrected chi connectivity index (χ4v) is 3.66. The van der Waals surface area contributed by atoms with Crippen molar-refractivity contribution in [1.29, 1.82) is 0 Å². The SMILES string of the molecule is Cc1cc(NC(=O)Cn2c(=O)n(-c3ccccc3F)c(=O)c3sccc32)no1. The van der Waals surface area contributed by atoms with Crippen LogP contribution in [-0.2, 0) is 11.3 Å². The summed E-state index contributed by atoms with van der Waals surface area (Å²) in [5, 5.41) is 7.82. The fourth-order valence-electron chi connectivity index (χ4n) is 2.84. The molecule has 0 unspecified atom stereocenters. The molecule has 8 nitrogen and oxygen atoms in total. The molecule has 1 N–H and O–H groups in total. The highest BCUT2D eigenvalue weighted by Gasteiger charge is 2.19. The second-order valence-corrected chi connectivity index (χ2v) is 6.88. The minimum atomic E-state index is -0.813. The van der Waals surface area contributed by atoms with Crippen LogP contribution in [0.2, 0.25) is 0 Å². The standard InChI is InChI=1S/C18H13FN4O4S/c1-10-8-14(21-27-10)20-15(24)9-22-13-6-7-28-16(13)17(25)23(18(22)26)12-5-3-2-4-11(12)19/h2-8H,9H2,1H3,(H,20,21,24). The number of carbonyl (C=O) groups is 1. The molecule has 28 heavy (non-hydrogen) atoms.